The minimum Gasteiger partial charge on any atom is -0.507 e. The van der Waals surface area contributed by atoms with Crippen molar-refractivity contribution in [3.8, 4) is 5.75 Å². The number of nitrogens with zero attached hydrogens (tertiary/aromatic N) is 1. The molecule has 0 aromatic heterocycles. The van der Waals surface area contributed by atoms with Crippen molar-refractivity contribution < 1.29 is 9.90 Å². The molecule has 0 heterocycles. The molecular formula is C22H18N2O2. The van der Waals surface area contributed by atoms with E-state index in [1.54, 1.807) is 18.2 Å². The minimum absolute atomic E-state index is 0.0821. The molecule has 0 aliphatic heterocycles. The molecular weight excluding hydrogens is 324 g/mol. The molecule has 1 amide bonds. The molecule has 0 bridgehead atoms. The van der Waals surface area contributed by atoms with Crippen molar-refractivity contribution in [3.05, 3.63) is 108 Å². The fourth-order valence-electron chi connectivity index (χ4n) is 2.38. The highest BCUT2D eigenvalue weighted by Gasteiger charge is 2.09. The number of para-hydroxylation sites is 1. The molecule has 0 aliphatic rings. The Labute approximate surface area is 152 Å². The third kappa shape index (κ3) is 4.45. The van der Waals surface area contributed by atoms with E-state index in [9.17, 15) is 9.90 Å². The number of amides is 1. The van der Waals surface area contributed by atoms with Crippen molar-refractivity contribution in [2.45, 2.75) is 0 Å². The molecule has 4 heteroatoms. The molecule has 3 aromatic rings. The van der Waals surface area contributed by atoms with E-state index in [1.165, 1.54) is 6.07 Å². The molecule has 0 radical (unpaired) electrons. The van der Waals surface area contributed by atoms with Gasteiger partial charge in [-0.15, -0.1) is 0 Å². The summed E-state index contributed by atoms with van der Waals surface area (Å²) in [6.07, 6.45) is 3.77. The van der Waals surface area contributed by atoms with E-state index >= 15 is 0 Å². The highest BCUT2D eigenvalue weighted by molar-refractivity contribution is 6.11. The summed E-state index contributed by atoms with van der Waals surface area (Å²) in [5.74, 6) is -0.550. The van der Waals surface area contributed by atoms with Crippen LogP contribution in [-0.4, -0.2) is 16.7 Å². The van der Waals surface area contributed by atoms with E-state index in [0.717, 1.165) is 11.1 Å². The summed E-state index contributed by atoms with van der Waals surface area (Å²) in [5.41, 5.74) is 5.20. The minimum atomic E-state index is -0.468. The van der Waals surface area contributed by atoms with Gasteiger partial charge >= 0.3 is 0 Å². The Bertz CT molecular complexity index is 933. The van der Waals surface area contributed by atoms with E-state index in [0.29, 0.717) is 5.71 Å². The Morgan fingerprint density at radius 2 is 1.46 bits per heavy atom. The smallest absolute Gasteiger partial charge is 0.275 e. The van der Waals surface area contributed by atoms with Gasteiger partial charge in [-0.1, -0.05) is 78.9 Å². The predicted molar refractivity (Wildman–Crippen MR) is 104 cm³/mol. The molecule has 26 heavy (non-hydrogen) atoms. The van der Waals surface area contributed by atoms with Crippen molar-refractivity contribution in [3.63, 3.8) is 0 Å². The van der Waals surface area contributed by atoms with Crippen molar-refractivity contribution in [2.75, 3.05) is 0 Å². The van der Waals surface area contributed by atoms with Crippen LogP contribution < -0.4 is 5.43 Å². The number of phenols is 1. The van der Waals surface area contributed by atoms with Gasteiger partial charge in [0.2, 0.25) is 0 Å². The summed E-state index contributed by atoms with van der Waals surface area (Å²) < 4.78 is 0. The van der Waals surface area contributed by atoms with Crippen LogP contribution in [0, 0.1) is 0 Å². The number of carbonyl (C=O) groups is 1. The van der Waals surface area contributed by atoms with Crippen LogP contribution in [0.2, 0.25) is 0 Å². The normalized spacial score (nSPS) is 11.5. The number of phenolic OH excluding ortho intramolecular Hbond substituents is 1. The number of allylic oxidation sites excluding steroid dienone is 1. The number of benzene rings is 3. The average Bonchev–Trinajstić information content (AvgIpc) is 2.69. The standard InChI is InChI=1S/C22H18N2O2/c25-21-14-8-7-13-19(21)22(26)24-23-20(18-11-5-2-6-12-18)16-15-17-9-3-1-4-10-17/h1-16,25H,(H,24,26)/b16-15+,23-20+. The number of carbonyl (C=O) groups excluding carboxylic acids is 1. The lowest BCUT2D eigenvalue weighted by atomic mass is 10.1. The summed E-state index contributed by atoms with van der Waals surface area (Å²) in [4.78, 5) is 12.3. The monoisotopic (exact) mass is 342 g/mol. The van der Waals surface area contributed by atoms with Gasteiger partial charge in [-0.05, 0) is 23.8 Å². The van der Waals surface area contributed by atoms with Crippen LogP contribution in [0.1, 0.15) is 21.5 Å². The fourth-order valence-corrected chi connectivity index (χ4v) is 2.38. The highest BCUT2D eigenvalue weighted by atomic mass is 16.3. The first-order chi connectivity index (χ1) is 12.7. The first-order valence-electron chi connectivity index (χ1n) is 8.18. The predicted octanol–water partition coefficient (Wildman–Crippen LogP) is 4.24. The molecule has 3 rings (SSSR count). The van der Waals surface area contributed by atoms with Crippen LogP contribution in [0.5, 0.6) is 5.75 Å². The van der Waals surface area contributed by atoms with Gasteiger partial charge in [-0.25, -0.2) is 5.43 Å². The van der Waals surface area contributed by atoms with Crippen LogP contribution in [0.25, 0.3) is 6.08 Å². The van der Waals surface area contributed by atoms with E-state index in [2.05, 4.69) is 10.5 Å². The summed E-state index contributed by atoms with van der Waals surface area (Å²) in [6.45, 7) is 0. The molecule has 0 fully saturated rings. The SMILES string of the molecule is O=C(N/N=C(\C=C\c1ccccc1)c1ccccc1)c1ccccc1O. The van der Waals surface area contributed by atoms with Crippen LogP contribution >= 0.6 is 0 Å². The lowest BCUT2D eigenvalue weighted by molar-refractivity contribution is 0.0952. The molecule has 2 N–H and O–H groups in total. The quantitative estimate of drug-likeness (QED) is 0.538. The molecule has 128 valence electrons. The lowest BCUT2D eigenvalue weighted by Gasteiger charge is -2.05. The van der Waals surface area contributed by atoms with Gasteiger partial charge in [0.1, 0.15) is 5.75 Å². The summed E-state index contributed by atoms with van der Waals surface area (Å²) in [5, 5.41) is 14.0. The number of nitrogens with one attached hydrogen (secondary N) is 1. The van der Waals surface area contributed by atoms with Gasteiger partial charge in [0.15, 0.2) is 0 Å². The number of rotatable bonds is 5. The highest BCUT2D eigenvalue weighted by Crippen LogP contribution is 2.15. The van der Waals surface area contributed by atoms with Gasteiger partial charge in [0, 0.05) is 5.56 Å². The zero-order chi connectivity index (χ0) is 18.2. The van der Waals surface area contributed by atoms with E-state index < -0.39 is 5.91 Å². The van der Waals surface area contributed by atoms with Crippen LogP contribution in [0.15, 0.2) is 96.1 Å². The van der Waals surface area contributed by atoms with Gasteiger partial charge in [0.05, 0.1) is 11.3 Å². The van der Waals surface area contributed by atoms with Gasteiger partial charge in [-0.3, -0.25) is 4.79 Å². The molecule has 4 nitrogen and oxygen atoms in total. The molecule has 0 spiro atoms. The number of hydrogen-bond acceptors (Lipinski definition) is 3. The Morgan fingerprint density at radius 1 is 0.846 bits per heavy atom. The second-order valence-electron chi connectivity index (χ2n) is 5.57. The average molecular weight is 342 g/mol. The molecule has 0 saturated heterocycles. The summed E-state index contributed by atoms with van der Waals surface area (Å²) >= 11 is 0. The molecule has 0 aliphatic carbocycles. The van der Waals surface area contributed by atoms with Crippen LogP contribution in [0.3, 0.4) is 0 Å². The van der Waals surface area contributed by atoms with Crippen LogP contribution in [-0.2, 0) is 0 Å². The van der Waals surface area contributed by atoms with Gasteiger partial charge in [-0.2, -0.15) is 5.10 Å². The van der Waals surface area contributed by atoms with Crippen molar-refractivity contribution in [1.29, 1.82) is 0 Å². The Balaban J connectivity index is 1.86. The lowest BCUT2D eigenvalue weighted by Crippen LogP contribution is -2.19. The second kappa shape index (κ2) is 8.44. The van der Waals surface area contributed by atoms with Gasteiger partial charge in [0.25, 0.3) is 5.91 Å². The Hall–Kier alpha value is -3.66. The van der Waals surface area contributed by atoms with E-state index in [-0.39, 0.29) is 11.3 Å². The number of hydrazone groups is 1. The van der Waals surface area contributed by atoms with Crippen molar-refractivity contribution in [2.24, 2.45) is 5.10 Å². The van der Waals surface area contributed by atoms with Gasteiger partial charge < -0.3 is 5.11 Å². The maximum absolute atomic E-state index is 12.3. The van der Waals surface area contributed by atoms with E-state index in [4.69, 9.17) is 0 Å². The second-order valence-corrected chi connectivity index (χ2v) is 5.57. The van der Waals surface area contributed by atoms with Crippen molar-refractivity contribution >= 4 is 17.7 Å². The number of hydrogen-bond donors (Lipinski definition) is 2. The Kier molecular flexibility index (Phi) is 5.58. The third-order valence-corrected chi connectivity index (χ3v) is 3.73. The fraction of sp³-hybridized carbons (Fsp3) is 0. The molecule has 0 atom stereocenters. The zero-order valence-electron chi connectivity index (χ0n) is 14.0. The molecule has 0 unspecified atom stereocenters. The van der Waals surface area contributed by atoms with Crippen molar-refractivity contribution in [1.82, 2.24) is 5.43 Å². The molecule has 3 aromatic carbocycles. The Morgan fingerprint density at radius 3 is 2.15 bits per heavy atom. The maximum atomic E-state index is 12.3. The summed E-state index contributed by atoms with van der Waals surface area (Å²) in [7, 11) is 0. The maximum Gasteiger partial charge on any atom is 0.275 e. The third-order valence-electron chi connectivity index (χ3n) is 3.73. The number of aromatic hydroxyl groups is 1. The largest absolute Gasteiger partial charge is 0.507 e. The first-order valence-corrected chi connectivity index (χ1v) is 8.18. The first kappa shape index (κ1) is 17.2. The summed E-state index contributed by atoms with van der Waals surface area (Å²) in [6, 6.07) is 25.8. The van der Waals surface area contributed by atoms with E-state index in [1.807, 2.05) is 72.8 Å². The van der Waals surface area contributed by atoms with Crippen LogP contribution in [0.4, 0.5) is 0 Å². The zero-order valence-corrected chi connectivity index (χ0v) is 14.0. The molecule has 0 saturated carbocycles. The topological polar surface area (TPSA) is 61.7 Å².